The molecule has 0 aromatic rings. The van der Waals surface area contributed by atoms with Crippen molar-refractivity contribution in [1.29, 1.82) is 0 Å². The van der Waals surface area contributed by atoms with Crippen molar-refractivity contribution in [2.24, 2.45) is 11.8 Å². The lowest BCUT2D eigenvalue weighted by Crippen LogP contribution is -2.21. The second-order valence-corrected chi connectivity index (χ2v) is 3.08. The van der Waals surface area contributed by atoms with Crippen LogP contribution in [0, 0.1) is 24.2 Å². The Hall–Kier alpha value is -0.560. The Morgan fingerprint density at radius 1 is 1.50 bits per heavy atom. The van der Waals surface area contributed by atoms with Gasteiger partial charge < -0.3 is 15.2 Å². The molecule has 3 heteroatoms. The van der Waals surface area contributed by atoms with Crippen molar-refractivity contribution in [3.05, 3.63) is 0 Å². The number of nitrogens with one attached hydrogen (secondary N) is 1. The third-order valence-electron chi connectivity index (χ3n) is 2.23. The molecule has 12 heavy (non-hydrogen) atoms. The molecule has 1 aliphatic rings. The standard InChI is InChI=1S/C9H15NO2/c1-2-3-12-7-9-5-10-4-8(9)6-11/h1,8-11H,3-7H2. The Morgan fingerprint density at radius 3 is 2.92 bits per heavy atom. The first-order valence-electron chi connectivity index (χ1n) is 4.21. The Morgan fingerprint density at radius 2 is 2.25 bits per heavy atom. The quantitative estimate of drug-likeness (QED) is 0.439. The van der Waals surface area contributed by atoms with E-state index in [1.165, 1.54) is 0 Å². The van der Waals surface area contributed by atoms with Crippen LogP contribution < -0.4 is 5.32 Å². The lowest BCUT2D eigenvalue weighted by Gasteiger charge is -2.14. The molecule has 2 unspecified atom stereocenters. The predicted molar refractivity (Wildman–Crippen MR) is 46.6 cm³/mol. The molecular weight excluding hydrogens is 154 g/mol. The molecule has 0 amide bonds. The van der Waals surface area contributed by atoms with Gasteiger partial charge in [0.05, 0.1) is 6.61 Å². The van der Waals surface area contributed by atoms with Gasteiger partial charge in [0.25, 0.3) is 0 Å². The average molecular weight is 169 g/mol. The molecule has 1 rings (SSSR count). The number of hydrogen-bond donors (Lipinski definition) is 2. The Balaban J connectivity index is 2.18. The van der Waals surface area contributed by atoms with E-state index >= 15 is 0 Å². The fourth-order valence-corrected chi connectivity index (χ4v) is 1.47. The molecule has 68 valence electrons. The van der Waals surface area contributed by atoms with Crippen LogP contribution in [0.1, 0.15) is 0 Å². The van der Waals surface area contributed by atoms with Crippen molar-refractivity contribution >= 4 is 0 Å². The van der Waals surface area contributed by atoms with Crippen LogP contribution in [0.4, 0.5) is 0 Å². The number of hydrogen-bond acceptors (Lipinski definition) is 3. The minimum Gasteiger partial charge on any atom is -0.396 e. The monoisotopic (exact) mass is 169 g/mol. The van der Waals surface area contributed by atoms with Crippen LogP contribution in [0.2, 0.25) is 0 Å². The summed E-state index contributed by atoms with van der Waals surface area (Å²) < 4.78 is 5.21. The van der Waals surface area contributed by atoms with E-state index in [1.54, 1.807) is 0 Å². The highest BCUT2D eigenvalue weighted by Gasteiger charge is 2.25. The van der Waals surface area contributed by atoms with E-state index in [1.807, 2.05) is 0 Å². The fourth-order valence-electron chi connectivity index (χ4n) is 1.47. The highest BCUT2D eigenvalue weighted by atomic mass is 16.5. The van der Waals surface area contributed by atoms with Gasteiger partial charge in [0.1, 0.15) is 6.61 Å². The summed E-state index contributed by atoms with van der Waals surface area (Å²) in [5.74, 6) is 3.18. The zero-order valence-corrected chi connectivity index (χ0v) is 7.12. The zero-order chi connectivity index (χ0) is 8.81. The Kier molecular flexibility index (Phi) is 4.09. The Labute approximate surface area is 73.1 Å². The summed E-state index contributed by atoms with van der Waals surface area (Å²) in [4.78, 5) is 0. The number of rotatable bonds is 4. The molecule has 0 bridgehead atoms. The molecule has 0 radical (unpaired) electrons. The minimum atomic E-state index is 0.233. The van der Waals surface area contributed by atoms with E-state index in [2.05, 4.69) is 11.2 Å². The van der Waals surface area contributed by atoms with Crippen molar-refractivity contribution in [2.75, 3.05) is 32.9 Å². The molecule has 3 nitrogen and oxygen atoms in total. The van der Waals surface area contributed by atoms with E-state index in [-0.39, 0.29) is 6.61 Å². The van der Waals surface area contributed by atoms with Crippen LogP contribution in [0.3, 0.4) is 0 Å². The highest BCUT2D eigenvalue weighted by Crippen LogP contribution is 2.15. The van der Waals surface area contributed by atoms with Gasteiger partial charge in [0.15, 0.2) is 0 Å². The molecule has 1 saturated heterocycles. The molecule has 0 aromatic heterocycles. The smallest absolute Gasteiger partial charge is 0.107 e. The lowest BCUT2D eigenvalue weighted by atomic mass is 9.98. The molecule has 2 N–H and O–H groups in total. The van der Waals surface area contributed by atoms with Crippen molar-refractivity contribution in [2.45, 2.75) is 0 Å². The van der Waals surface area contributed by atoms with Crippen LogP contribution in [-0.4, -0.2) is 38.0 Å². The molecule has 0 saturated carbocycles. The SMILES string of the molecule is C#CCOCC1CNCC1CO. The molecular formula is C9H15NO2. The van der Waals surface area contributed by atoms with Crippen LogP contribution in [0.15, 0.2) is 0 Å². The molecule has 0 spiro atoms. The average Bonchev–Trinajstić information content (AvgIpc) is 2.52. The second-order valence-electron chi connectivity index (χ2n) is 3.08. The first-order valence-corrected chi connectivity index (χ1v) is 4.21. The summed E-state index contributed by atoms with van der Waals surface area (Å²) in [6.07, 6.45) is 5.04. The summed E-state index contributed by atoms with van der Waals surface area (Å²) in [5.41, 5.74) is 0. The number of terminal acetylenes is 1. The van der Waals surface area contributed by atoms with E-state index in [9.17, 15) is 0 Å². The largest absolute Gasteiger partial charge is 0.396 e. The summed E-state index contributed by atoms with van der Waals surface area (Å²) in [6, 6.07) is 0. The van der Waals surface area contributed by atoms with E-state index in [4.69, 9.17) is 16.3 Å². The first-order chi connectivity index (χ1) is 5.88. The summed E-state index contributed by atoms with van der Waals surface area (Å²) in [7, 11) is 0. The van der Waals surface area contributed by atoms with Gasteiger partial charge in [0, 0.05) is 31.5 Å². The van der Waals surface area contributed by atoms with Gasteiger partial charge in [-0.3, -0.25) is 0 Å². The third-order valence-corrected chi connectivity index (χ3v) is 2.23. The van der Waals surface area contributed by atoms with Crippen molar-refractivity contribution < 1.29 is 9.84 Å². The molecule has 2 atom stereocenters. The van der Waals surface area contributed by atoms with Gasteiger partial charge in [-0.2, -0.15) is 0 Å². The number of ether oxygens (including phenoxy) is 1. The minimum absolute atomic E-state index is 0.233. The topological polar surface area (TPSA) is 41.5 Å². The van der Waals surface area contributed by atoms with Crippen LogP contribution >= 0.6 is 0 Å². The van der Waals surface area contributed by atoms with Gasteiger partial charge >= 0.3 is 0 Å². The zero-order valence-electron chi connectivity index (χ0n) is 7.12. The maximum atomic E-state index is 8.96. The maximum absolute atomic E-state index is 8.96. The summed E-state index contributed by atoms with van der Waals surface area (Å²) in [5, 5.41) is 12.2. The van der Waals surface area contributed by atoms with Crippen LogP contribution in [0.25, 0.3) is 0 Å². The van der Waals surface area contributed by atoms with E-state index in [0.29, 0.717) is 25.0 Å². The van der Waals surface area contributed by atoms with Gasteiger partial charge in [-0.15, -0.1) is 6.42 Å². The maximum Gasteiger partial charge on any atom is 0.107 e. The normalized spacial score (nSPS) is 28.7. The molecule has 1 heterocycles. The summed E-state index contributed by atoms with van der Waals surface area (Å²) in [6.45, 7) is 3.07. The molecule has 1 aliphatic heterocycles. The lowest BCUT2D eigenvalue weighted by molar-refractivity contribution is 0.0971. The predicted octanol–water partition coefficient (Wildman–Crippen LogP) is -0.536. The molecule has 0 aliphatic carbocycles. The van der Waals surface area contributed by atoms with Crippen molar-refractivity contribution in [3.8, 4) is 12.3 Å². The highest BCUT2D eigenvalue weighted by molar-refractivity contribution is 4.84. The molecule has 0 aromatic carbocycles. The van der Waals surface area contributed by atoms with Gasteiger partial charge in [-0.05, 0) is 0 Å². The number of aliphatic hydroxyl groups is 1. The first kappa shape index (κ1) is 9.53. The second kappa shape index (κ2) is 5.15. The summed E-state index contributed by atoms with van der Waals surface area (Å²) >= 11 is 0. The Bertz CT molecular complexity index is 164. The van der Waals surface area contributed by atoms with E-state index in [0.717, 1.165) is 13.1 Å². The van der Waals surface area contributed by atoms with E-state index < -0.39 is 0 Å². The van der Waals surface area contributed by atoms with Crippen LogP contribution in [-0.2, 0) is 4.74 Å². The molecule has 1 fully saturated rings. The van der Waals surface area contributed by atoms with Crippen molar-refractivity contribution in [3.63, 3.8) is 0 Å². The third kappa shape index (κ3) is 2.49. The fraction of sp³-hybridized carbons (Fsp3) is 0.778. The van der Waals surface area contributed by atoms with Gasteiger partial charge in [-0.1, -0.05) is 5.92 Å². The number of aliphatic hydroxyl groups excluding tert-OH is 1. The van der Waals surface area contributed by atoms with Gasteiger partial charge in [-0.25, -0.2) is 0 Å². The van der Waals surface area contributed by atoms with Crippen LogP contribution in [0.5, 0.6) is 0 Å². The van der Waals surface area contributed by atoms with Gasteiger partial charge in [0.2, 0.25) is 0 Å². The van der Waals surface area contributed by atoms with Crippen molar-refractivity contribution in [1.82, 2.24) is 5.32 Å².